The molecule has 118 valence electrons. The fourth-order valence-corrected chi connectivity index (χ4v) is 2.48. The molecule has 1 saturated heterocycles. The highest BCUT2D eigenvalue weighted by Crippen LogP contribution is 2.35. The topological polar surface area (TPSA) is 113 Å². The van der Waals surface area contributed by atoms with E-state index in [1.807, 2.05) is 0 Å². The molecule has 22 heavy (non-hydrogen) atoms. The third-order valence-electron chi connectivity index (χ3n) is 3.55. The van der Waals surface area contributed by atoms with Gasteiger partial charge < -0.3 is 19.8 Å². The first-order chi connectivity index (χ1) is 10.4. The quantitative estimate of drug-likeness (QED) is 0.489. The number of carbonyl (C=O) groups excluding carboxylic acids is 1. The molecule has 0 bridgehead atoms. The van der Waals surface area contributed by atoms with E-state index in [9.17, 15) is 25.1 Å². The summed E-state index contributed by atoms with van der Waals surface area (Å²) < 4.78 is 4.90. The minimum absolute atomic E-state index is 0.0347. The van der Waals surface area contributed by atoms with Crippen molar-refractivity contribution in [2.45, 2.75) is 12.5 Å². The number of methoxy groups -OCH3 is 1. The van der Waals surface area contributed by atoms with Crippen LogP contribution in [-0.4, -0.2) is 52.2 Å². The maximum Gasteiger partial charge on any atom is 0.286 e. The summed E-state index contributed by atoms with van der Waals surface area (Å²) in [7, 11) is 1.28. The van der Waals surface area contributed by atoms with Gasteiger partial charge in [-0.1, -0.05) is 12.2 Å². The second-order valence-electron chi connectivity index (χ2n) is 5.02. The molecule has 1 atom stereocenters. The number of likely N-dealkylation sites (tertiary alicyclic amines) is 1. The van der Waals surface area contributed by atoms with Crippen molar-refractivity contribution in [3.63, 3.8) is 0 Å². The molecule has 0 aromatic heterocycles. The van der Waals surface area contributed by atoms with Crippen LogP contribution in [0.4, 0.5) is 5.69 Å². The number of rotatable bonds is 4. The standard InChI is InChI=1S/C14H16N2O6/c1-8-3-9(7-17)15(6-8)14(19)10-4-13(22-2)12(18)5-11(10)16(20)21/h4-5,9,17-18H,1,3,6-7H2,2H3/t9-/m0/s1. The number of nitro benzene ring substituents is 1. The highest BCUT2D eigenvalue weighted by molar-refractivity contribution is 5.99. The Balaban J connectivity index is 2.48. The molecule has 8 nitrogen and oxygen atoms in total. The van der Waals surface area contributed by atoms with E-state index in [2.05, 4.69) is 6.58 Å². The lowest BCUT2D eigenvalue weighted by Gasteiger charge is -2.22. The van der Waals surface area contributed by atoms with Crippen LogP contribution in [0.15, 0.2) is 24.3 Å². The number of aromatic hydroxyl groups is 1. The first kappa shape index (κ1) is 15.8. The maximum absolute atomic E-state index is 12.6. The highest BCUT2D eigenvalue weighted by Gasteiger charge is 2.35. The van der Waals surface area contributed by atoms with Crippen LogP contribution < -0.4 is 4.74 Å². The molecule has 8 heteroatoms. The van der Waals surface area contributed by atoms with Gasteiger partial charge in [0.1, 0.15) is 5.56 Å². The van der Waals surface area contributed by atoms with Crippen LogP contribution in [0.2, 0.25) is 0 Å². The van der Waals surface area contributed by atoms with E-state index < -0.39 is 28.3 Å². The summed E-state index contributed by atoms with van der Waals surface area (Å²) in [5.41, 5.74) is 0.0473. The number of aliphatic hydroxyl groups excluding tert-OH is 1. The normalized spacial score (nSPS) is 17.6. The van der Waals surface area contributed by atoms with Crippen LogP contribution in [0.1, 0.15) is 16.8 Å². The van der Waals surface area contributed by atoms with E-state index in [-0.39, 0.29) is 24.5 Å². The fourth-order valence-electron chi connectivity index (χ4n) is 2.48. The molecular formula is C14H16N2O6. The molecule has 0 radical (unpaired) electrons. The Morgan fingerprint density at radius 2 is 2.27 bits per heavy atom. The van der Waals surface area contributed by atoms with Gasteiger partial charge in [-0.2, -0.15) is 0 Å². The number of ether oxygens (including phenoxy) is 1. The van der Waals surface area contributed by atoms with E-state index >= 15 is 0 Å². The van der Waals surface area contributed by atoms with Crippen molar-refractivity contribution in [2.24, 2.45) is 0 Å². The van der Waals surface area contributed by atoms with Crippen molar-refractivity contribution in [3.8, 4) is 11.5 Å². The molecule has 1 amide bonds. The van der Waals surface area contributed by atoms with E-state index in [4.69, 9.17) is 4.74 Å². The molecule has 1 heterocycles. The molecular weight excluding hydrogens is 292 g/mol. The monoisotopic (exact) mass is 308 g/mol. The number of phenolic OH excluding ortho intramolecular Hbond substituents is 1. The van der Waals surface area contributed by atoms with Gasteiger partial charge >= 0.3 is 0 Å². The maximum atomic E-state index is 12.6. The molecule has 1 aliphatic heterocycles. The van der Waals surface area contributed by atoms with Gasteiger partial charge in [-0.3, -0.25) is 14.9 Å². The van der Waals surface area contributed by atoms with Gasteiger partial charge in [-0.25, -0.2) is 0 Å². The SMILES string of the molecule is C=C1C[C@@H](CO)N(C(=O)c2cc(OC)c(O)cc2[N+](=O)[O-])C1. The Morgan fingerprint density at radius 1 is 1.59 bits per heavy atom. The van der Waals surface area contributed by atoms with Crippen LogP contribution in [0.3, 0.4) is 0 Å². The number of amides is 1. The summed E-state index contributed by atoms with van der Waals surface area (Å²) in [6.07, 6.45) is 0.450. The first-order valence-electron chi connectivity index (χ1n) is 6.52. The second-order valence-corrected chi connectivity index (χ2v) is 5.02. The largest absolute Gasteiger partial charge is 0.504 e. The van der Waals surface area contributed by atoms with Crippen molar-refractivity contribution in [1.82, 2.24) is 4.90 Å². The van der Waals surface area contributed by atoms with E-state index in [0.29, 0.717) is 6.42 Å². The zero-order chi connectivity index (χ0) is 16.4. The van der Waals surface area contributed by atoms with Crippen molar-refractivity contribution in [3.05, 3.63) is 40.0 Å². The summed E-state index contributed by atoms with van der Waals surface area (Å²) in [6, 6.07) is 1.55. The number of benzene rings is 1. The lowest BCUT2D eigenvalue weighted by molar-refractivity contribution is -0.385. The molecule has 1 aliphatic rings. The smallest absolute Gasteiger partial charge is 0.286 e. The molecule has 0 spiro atoms. The number of aliphatic hydroxyl groups is 1. The number of phenols is 1. The first-order valence-corrected chi connectivity index (χ1v) is 6.52. The van der Waals surface area contributed by atoms with Gasteiger partial charge in [0.2, 0.25) is 0 Å². The molecule has 2 rings (SSSR count). The molecule has 0 saturated carbocycles. The Morgan fingerprint density at radius 3 is 2.82 bits per heavy atom. The molecule has 1 fully saturated rings. The zero-order valence-electron chi connectivity index (χ0n) is 12.0. The van der Waals surface area contributed by atoms with E-state index in [1.165, 1.54) is 12.0 Å². The number of hydrogen-bond donors (Lipinski definition) is 2. The summed E-state index contributed by atoms with van der Waals surface area (Å²) in [5.74, 6) is -1.06. The Bertz CT molecular complexity index is 642. The van der Waals surface area contributed by atoms with Gasteiger partial charge in [-0.05, 0) is 6.42 Å². The molecule has 2 N–H and O–H groups in total. The third kappa shape index (κ3) is 2.73. The Kier molecular flexibility index (Phi) is 4.32. The summed E-state index contributed by atoms with van der Waals surface area (Å²) in [5, 5.41) is 30.1. The number of carbonyl (C=O) groups is 1. The third-order valence-corrected chi connectivity index (χ3v) is 3.55. The number of nitro groups is 1. The summed E-state index contributed by atoms with van der Waals surface area (Å²) >= 11 is 0. The summed E-state index contributed by atoms with van der Waals surface area (Å²) in [6.45, 7) is 3.75. The predicted octanol–water partition coefficient (Wildman–Crippen LogP) is 1.07. The van der Waals surface area contributed by atoms with Crippen molar-refractivity contribution >= 4 is 11.6 Å². The fraction of sp³-hybridized carbons (Fsp3) is 0.357. The zero-order valence-corrected chi connectivity index (χ0v) is 12.0. The van der Waals surface area contributed by atoms with E-state index in [1.54, 1.807) is 0 Å². The molecule has 1 aromatic carbocycles. The molecule has 1 aromatic rings. The molecule has 0 unspecified atom stereocenters. The average Bonchev–Trinajstić information content (AvgIpc) is 2.87. The van der Waals surface area contributed by atoms with E-state index in [0.717, 1.165) is 17.7 Å². The minimum atomic E-state index is -0.745. The second kappa shape index (κ2) is 6.02. The van der Waals surface area contributed by atoms with Crippen LogP contribution in [0.25, 0.3) is 0 Å². The van der Waals surface area contributed by atoms with Crippen LogP contribution in [0, 0.1) is 10.1 Å². The van der Waals surface area contributed by atoms with Gasteiger partial charge in [0, 0.05) is 12.6 Å². The van der Waals surface area contributed by atoms with Gasteiger partial charge in [0.05, 0.1) is 30.7 Å². The Hall–Kier alpha value is -2.61. The molecule has 0 aliphatic carbocycles. The summed E-state index contributed by atoms with van der Waals surface area (Å²) in [4.78, 5) is 24.3. The minimum Gasteiger partial charge on any atom is -0.504 e. The van der Waals surface area contributed by atoms with Crippen molar-refractivity contribution < 1.29 is 24.7 Å². The number of nitrogens with zero attached hydrogens (tertiary/aromatic N) is 2. The van der Waals surface area contributed by atoms with Crippen molar-refractivity contribution in [1.29, 1.82) is 0 Å². The van der Waals surface area contributed by atoms with Crippen molar-refractivity contribution in [2.75, 3.05) is 20.3 Å². The van der Waals surface area contributed by atoms with Gasteiger partial charge in [-0.15, -0.1) is 0 Å². The predicted molar refractivity (Wildman–Crippen MR) is 77.0 cm³/mol. The van der Waals surface area contributed by atoms with Crippen LogP contribution in [0.5, 0.6) is 11.5 Å². The Labute approximate surface area is 126 Å². The average molecular weight is 308 g/mol. The number of hydrogen-bond acceptors (Lipinski definition) is 6. The lowest BCUT2D eigenvalue weighted by Crippen LogP contribution is -2.37. The van der Waals surface area contributed by atoms with Crippen LogP contribution in [-0.2, 0) is 0 Å². The highest BCUT2D eigenvalue weighted by atomic mass is 16.6. The van der Waals surface area contributed by atoms with Crippen LogP contribution >= 0.6 is 0 Å². The van der Waals surface area contributed by atoms with Gasteiger partial charge in [0.25, 0.3) is 11.6 Å². The lowest BCUT2D eigenvalue weighted by atomic mass is 10.1. The van der Waals surface area contributed by atoms with Gasteiger partial charge in [0.15, 0.2) is 11.5 Å².